The quantitative estimate of drug-likeness (QED) is 0.816. The predicted molar refractivity (Wildman–Crippen MR) is 101 cm³/mol. The highest BCUT2D eigenvalue weighted by molar-refractivity contribution is 5.70. The van der Waals surface area contributed by atoms with E-state index >= 15 is 0 Å². The number of nitrogens with zero attached hydrogens (tertiary/aromatic N) is 1. The molecule has 4 aliphatic heterocycles. The van der Waals surface area contributed by atoms with E-state index in [1.54, 1.807) is 0 Å². The Balaban J connectivity index is 1.41. The van der Waals surface area contributed by atoms with E-state index < -0.39 is 0 Å². The Bertz CT molecular complexity index is 892. The van der Waals surface area contributed by atoms with Gasteiger partial charge in [-0.25, -0.2) is 0 Å². The Morgan fingerprint density at radius 3 is 2.63 bits per heavy atom. The standard InChI is InChI=1S/C22H23NO4/c1-2-4-18-16(3-1)22(12-23(18)11-15-5-7-24-8-6-15)13-25-19-10-21-20(9-17(19)22)26-14-27-21/h1-4,9-10,15H,5-8,11-14H2. The van der Waals surface area contributed by atoms with E-state index in [4.69, 9.17) is 18.9 Å². The maximum atomic E-state index is 6.17. The number of hydrogen-bond acceptors (Lipinski definition) is 5. The third kappa shape index (κ3) is 2.27. The van der Waals surface area contributed by atoms with Gasteiger partial charge in [-0.15, -0.1) is 0 Å². The zero-order valence-electron chi connectivity index (χ0n) is 15.3. The van der Waals surface area contributed by atoms with Crippen LogP contribution in [0.15, 0.2) is 36.4 Å². The van der Waals surface area contributed by atoms with Crippen molar-refractivity contribution in [2.75, 3.05) is 44.6 Å². The molecule has 5 heteroatoms. The van der Waals surface area contributed by atoms with Crippen LogP contribution in [0, 0.1) is 5.92 Å². The van der Waals surface area contributed by atoms with E-state index in [0.717, 1.165) is 56.4 Å². The lowest BCUT2D eigenvalue weighted by molar-refractivity contribution is 0.0681. The summed E-state index contributed by atoms with van der Waals surface area (Å²) in [5.41, 5.74) is 3.82. The van der Waals surface area contributed by atoms with Crippen molar-refractivity contribution in [2.24, 2.45) is 5.92 Å². The van der Waals surface area contributed by atoms with Crippen LogP contribution >= 0.6 is 0 Å². The molecule has 0 saturated carbocycles. The van der Waals surface area contributed by atoms with Crippen molar-refractivity contribution in [1.82, 2.24) is 0 Å². The summed E-state index contributed by atoms with van der Waals surface area (Å²) >= 11 is 0. The van der Waals surface area contributed by atoms with Gasteiger partial charge in [-0.2, -0.15) is 0 Å². The lowest BCUT2D eigenvalue weighted by atomic mass is 9.77. The van der Waals surface area contributed by atoms with Crippen molar-refractivity contribution < 1.29 is 18.9 Å². The number of hydrogen-bond donors (Lipinski definition) is 0. The van der Waals surface area contributed by atoms with Crippen molar-refractivity contribution >= 4 is 5.69 Å². The molecule has 1 saturated heterocycles. The molecule has 140 valence electrons. The van der Waals surface area contributed by atoms with Crippen molar-refractivity contribution in [1.29, 1.82) is 0 Å². The maximum Gasteiger partial charge on any atom is 0.231 e. The van der Waals surface area contributed by atoms with Crippen molar-refractivity contribution in [3.8, 4) is 17.2 Å². The lowest BCUT2D eigenvalue weighted by Crippen LogP contribution is -2.39. The van der Waals surface area contributed by atoms with Crippen LogP contribution in [0.2, 0.25) is 0 Å². The predicted octanol–water partition coefficient (Wildman–Crippen LogP) is 3.34. The zero-order valence-corrected chi connectivity index (χ0v) is 15.3. The van der Waals surface area contributed by atoms with E-state index in [2.05, 4.69) is 35.2 Å². The molecule has 1 unspecified atom stereocenters. The fourth-order valence-corrected chi connectivity index (χ4v) is 5.10. The van der Waals surface area contributed by atoms with Crippen LogP contribution in [0.3, 0.4) is 0 Å². The van der Waals surface area contributed by atoms with Crippen LogP contribution in [-0.2, 0) is 10.2 Å². The molecule has 0 aliphatic carbocycles. The average Bonchev–Trinajstić information content (AvgIpc) is 3.39. The molecule has 0 N–H and O–H groups in total. The third-order valence-corrected chi connectivity index (χ3v) is 6.50. The van der Waals surface area contributed by atoms with Crippen LogP contribution in [0.1, 0.15) is 24.0 Å². The van der Waals surface area contributed by atoms with E-state index in [1.807, 2.05) is 6.07 Å². The molecular formula is C22H23NO4. The molecule has 0 aromatic heterocycles. The Hall–Kier alpha value is -2.40. The lowest BCUT2D eigenvalue weighted by Gasteiger charge is -2.30. The first-order chi connectivity index (χ1) is 13.3. The number of benzene rings is 2. The fourth-order valence-electron chi connectivity index (χ4n) is 5.10. The molecule has 27 heavy (non-hydrogen) atoms. The number of rotatable bonds is 2. The highest BCUT2D eigenvalue weighted by atomic mass is 16.7. The number of fused-ring (bicyclic) bond motifs is 5. The Morgan fingerprint density at radius 2 is 1.74 bits per heavy atom. The van der Waals surface area contributed by atoms with Gasteiger partial charge in [0.05, 0.1) is 5.41 Å². The van der Waals surface area contributed by atoms with Gasteiger partial charge in [0.1, 0.15) is 12.4 Å². The molecule has 1 fully saturated rings. The van der Waals surface area contributed by atoms with Crippen molar-refractivity contribution in [3.05, 3.63) is 47.5 Å². The number of ether oxygens (including phenoxy) is 4. The molecule has 1 atom stereocenters. The first-order valence-corrected chi connectivity index (χ1v) is 9.83. The van der Waals surface area contributed by atoms with Crippen molar-refractivity contribution in [2.45, 2.75) is 18.3 Å². The molecule has 4 aliphatic rings. The second-order valence-corrected chi connectivity index (χ2v) is 8.03. The van der Waals surface area contributed by atoms with Gasteiger partial charge in [0.2, 0.25) is 6.79 Å². The van der Waals surface area contributed by atoms with Crippen LogP contribution < -0.4 is 19.1 Å². The molecule has 2 aromatic rings. The van der Waals surface area contributed by atoms with Crippen LogP contribution in [0.4, 0.5) is 5.69 Å². The zero-order chi connectivity index (χ0) is 17.8. The smallest absolute Gasteiger partial charge is 0.231 e. The summed E-state index contributed by atoms with van der Waals surface area (Å²) in [6, 6.07) is 12.9. The molecule has 2 aromatic carbocycles. The van der Waals surface area contributed by atoms with E-state index in [1.165, 1.54) is 16.8 Å². The topological polar surface area (TPSA) is 40.2 Å². The van der Waals surface area contributed by atoms with Crippen LogP contribution in [-0.4, -0.2) is 39.7 Å². The first kappa shape index (κ1) is 15.6. The molecular weight excluding hydrogens is 342 g/mol. The molecule has 6 rings (SSSR count). The minimum Gasteiger partial charge on any atom is -0.492 e. The van der Waals surface area contributed by atoms with Gasteiger partial charge in [0.25, 0.3) is 0 Å². The molecule has 1 spiro atoms. The summed E-state index contributed by atoms with van der Waals surface area (Å²) in [7, 11) is 0. The van der Waals surface area contributed by atoms with Gasteiger partial charge in [0, 0.05) is 43.6 Å². The average molecular weight is 365 g/mol. The summed E-state index contributed by atoms with van der Waals surface area (Å²) in [6.45, 7) is 4.78. The molecule has 4 heterocycles. The first-order valence-electron chi connectivity index (χ1n) is 9.83. The SMILES string of the molecule is c1ccc2c(c1)N(CC1CCOCC1)CC21COc2cc3c(cc21)OCO3. The highest BCUT2D eigenvalue weighted by Gasteiger charge is 2.50. The third-order valence-electron chi connectivity index (χ3n) is 6.50. The fraction of sp³-hybridized carbons (Fsp3) is 0.455. The van der Waals surface area contributed by atoms with Gasteiger partial charge < -0.3 is 23.8 Å². The van der Waals surface area contributed by atoms with E-state index in [0.29, 0.717) is 12.5 Å². The second kappa shape index (κ2) is 5.80. The number of para-hydroxylation sites is 1. The Kier molecular flexibility index (Phi) is 3.36. The van der Waals surface area contributed by atoms with Gasteiger partial charge in [0.15, 0.2) is 11.5 Å². The summed E-state index contributed by atoms with van der Waals surface area (Å²) in [5, 5.41) is 0. The normalized spacial score (nSPS) is 25.6. The van der Waals surface area contributed by atoms with Crippen molar-refractivity contribution in [3.63, 3.8) is 0 Å². The number of anilines is 1. The highest BCUT2D eigenvalue weighted by Crippen LogP contribution is 2.54. The van der Waals surface area contributed by atoms with Gasteiger partial charge in [-0.3, -0.25) is 0 Å². The molecule has 0 bridgehead atoms. The summed E-state index contributed by atoms with van der Waals surface area (Å²) in [6.07, 6.45) is 2.30. The minimum atomic E-state index is -0.127. The summed E-state index contributed by atoms with van der Waals surface area (Å²) < 4.78 is 22.9. The minimum absolute atomic E-state index is 0.127. The van der Waals surface area contributed by atoms with Gasteiger partial charge in [-0.05, 0) is 36.5 Å². The Labute approximate surface area is 158 Å². The van der Waals surface area contributed by atoms with E-state index in [9.17, 15) is 0 Å². The van der Waals surface area contributed by atoms with E-state index in [-0.39, 0.29) is 12.2 Å². The van der Waals surface area contributed by atoms with Crippen LogP contribution in [0.5, 0.6) is 17.2 Å². The Morgan fingerprint density at radius 1 is 0.926 bits per heavy atom. The molecule has 0 amide bonds. The molecule has 0 radical (unpaired) electrons. The van der Waals surface area contributed by atoms with Gasteiger partial charge in [-0.1, -0.05) is 18.2 Å². The monoisotopic (exact) mass is 365 g/mol. The summed E-state index contributed by atoms with van der Waals surface area (Å²) in [5.74, 6) is 3.25. The molecule has 5 nitrogen and oxygen atoms in total. The second-order valence-electron chi connectivity index (χ2n) is 8.03. The largest absolute Gasteiger partial charge is 0.492 e. The summed E-state index contributed by atoms with van der Waals surface area (Å²) in [4.78, 5) is 2.56. The van der Waals surface area contributed by atoms with Crippen LogP contribution in [0.25, 0.3) is 0 Å². The van der Waals surface area contributed by atoms with Gasteiger partial charge >= 0.3 is 0 Å². The maximum absolute atomic E-state index is 6.17.